The molecule has 0 atom stereocenters. The van der Waals surface area contributed by atoms with Crippen LogP contribution >= 0.6 is 23.1 Å². The first-order valence-electron chi connectivity index (χ1n) is 9.04. The van der Waals surface area contributed by atoms with Crippen molar-refractivity contribution in [3.05, 3.63) is 55.3 Å². The predicted octanol–water partition coefficient (Wildman–Crippen LogP) is 4.11. The number of fused-ring (bicyclic) bond motifs is 1. The molecule has 0 saturated carbocycles. The third kappa shape index (κ3) is 4.71. The Kier molecular flexibility index (Phi) is 6.69. The molecule has 0 unspecified atom stereocenters. The molecule has 2 amide bonds. The van der Waals surface area contributed by atoms with Crippen molar-refractivity contribution in [2.75, 3.05) is 6.26 Å². The second-order valence-electron chi connectivity index (χ2n) is 6.52. The number of nitro benzene ring substituents is 1. The topological polar surface area (TPSA) is 101 Å². The predicted molar refractivity (Wildman–Crippen MR) is 110 cm³/mol. The highest BCUT2D eigenvalue weighted by Gasteiger charge is 2.22. The lowest BCUT2D eigenvalue weighted by Crippen LogP contribution is -2.41. The summed E-state index contributed by atoms with van der Waals surface area (Å²) in [6, 6.07) is 6.21. The van der Waals surface area contributed by atoms with Gasteiger partial charge in [0.05, 0.1) is 9.80 Å². The van der Waals surface area contributed by atoms with E-state index in [1.54, 1.807) is 6.07 Å². The number of thiophene rings is 1. The van der Waals surface area contributed by atoms with Crippen LogP contribution < -0.4 is 10.9 Å². The van der Waals surface area contributed by atoms with Crippen molar-refractivity contribution >= 4 is 40.6 Å². The fourth-order valence-corrected chi connectivity index (χ4v) is 4.77. The summed E-state index contributed by atoms with van der Waals surface area (Å²) < 4.78 is 0. The highest BCUT2D eigenvalue weighted by molar-refractivity contribution is 7.98. The number of rotatable bonds is 4. The van der Waals surface area contributed by atoms with Crippen LogP contribution in [0, 0.1) is 10.1 Å². The van der Waals surface area contributed by atoms with Gasteiger partial charge >= 0.3 is 0 Å². The van der Waals surface area contributed by atoms with E-state index in [4.69, 9.17) is 0 Å². The number of hydrazine groups is 1. The highest BCUT2D eigenvalue weighted by Crippen LogP contribution is 2.28. The Morgan fingerprint density at radius 3 is 2.50 bits per heavy atom. The maximum Gasteiger partial charge on any atom is 0.282 e. The summed E-state index contributed by atoms with van der Waals surface area (Å²) in [7, 11) is 0. The summed E-state index contributed by atoms with van der Waals surface area (Å²) >= 11 is 2.83. The number of hydrogen-bond donors (Lipinski definition) is 2. The van der Waals surface area contributed by atoms with Crippen molar-refractivity contribution < 1.29 is 14.5 Å². The third-order valence-corrected chi connectivity index (χ3v) is 6.62. The van der Waals surface area contributed by atoms with Crippen LogP contribution in [0.3, 0.4) is 0 Å². The van der Waals surface area contributed by atoms with E-state index in [0.717, 1.165) is 30.6 Å². The van der Waals surface area contributed by atoms with E-state index in [0.29, 0.717) is 4.88 Å². The van der Waals surface area contributed by atoms with Gasteiger partial charge in [-0.3, -0.25) is 30.6 Å². The second-order valence-corrected chi connectivity index (χ2v) is 8.54. The van der Waals surface area contributed by atoms with E-state index >= 15 is 0 Å². The number of nitrogens with zero attached hydrogens (tertiary/aromatic N) is 1. The Morgan fingerprint density at radius 1 is 1.07 bits per heavy atom. The van der Waals surface area contributed by atoms with Gasteiger partial charge < -0.3 is 0 Å². The van der Waals surface area contributed by atoms with Gasteiger partial charge in [0, 0.05) is 15.8 Å². The molecule has 0 radical (unpaired) electrons. The molecule has 2 N–H and O–H groups in total. The molecule has 0 saturated heterocycles. The Balaban J connectivity index is 1.70. The summed E-state index contributed by atoms with van der Waals surface area (Å²) in [4.78, 5) is 38.0. The average Bonchev–Trinajstić information content (AvgIpc) is 3.07. The smallest absolute Gasteiger partial charge is 0.267 e. The number of nitro groups is 1. The van der Waals surface area contributed by atoms with Crippen LogP contribution in [0.2, 0.25) is 0 Å². The van der Waals surface area contributed by atoms with Crippen LogP contribution in [0.1, 0.15) is 56.2 Å². The van der Waals surface area contributed by atoms with E-state index in [9.17, 15) is 19.7 Å². The van der Waals surface area contributed by atoms with Crippen LogP contribution in [0.25, 0.3) is 0 Å². The fourth-order valence-electron chi connectivity index (χ4n) is 3.18. The number of hydrogen-bond acceptors (Lipinski definition) is 6. The molecule has 0 aliphatic heterocycles. The zero-order chi connectivity index (χ0) is 20.1. The quantitative estimate of drug-likeness (QED) is 0.441. The van der Waals surface area contributed by atoms with Gasteiger partial charge in [-0.25, -0.2) is 0 Å². The molecule has 9 heteroatoms. The molecule has 1 aromatic carbocycles. The van der Waals surface area contributed by atoms with E-state index in [2.05, 4.69) is 10.9 Å². The molecule has 1 heterocycles. The van der Waals surface area contributed by atoms with Gasteiger partial charge in [-0.05, 0) is 55.7 Å². The summed E-state index contributed by atoms with van der Waals surface area (Å²) in [6.07, 6.45) is 8.43. The zero-order valence-corrected chi connectivity index (χ0v) is 17.1. The van der Waals surface area contributed by atoms with Gasteiger partial charge in [-0.2, -0.15) is 0 Å². The number of carbonyl (C=O) groups is 2. The SMILES string of the molecule is CSc1ccc([N+](=O)[O-])c(C(=O)NNC(=O)c2cc3c(s2)CCCCCC3)c1. The number of amides is 2. The van der Waals surface area contributed by atoms with Crippen molar-refractivity contribution in [3.63, 3.8) is 0 Å². The molecule has 3 rings (SSSR count). The first kappa shape index (κ1) is 20.3. The number of nitrogens with one attached hydrogen (secondary N) is 2. The molecule has 1 aliphatic carbocycles. The van der Waals surface area contributed by atoms with Gasteiger partial charge in [0.2, 0.25) is 0 Å². The summed E-state index contributed by atoms with van der Waals surface area (Å²) in [6.45, 7) is 0. The van der Waals surface area contributed by atoms with Gasteiger partial charge in [-0.15, -0.1) is 23.1 Å². The van der Waals surface area contributed by atoms with E-state index in [-0.39, 0.29) is 11.3 Å². The minimum absolute atomic E-state index is 0.0874. The third-order valence-electron chi connectivity index (χ3n) is 4.65. The van der Waals surface area contributed by atoms with Crippen LogP contribution in [-0.4, -0.2) is 23.0 Å². The average molecular weight is 420 g/mol. The van der Waals surface area contributed by atoms with Crippen molar-refractivity contribution in [2.24, 2.45) is 0 Å². The number of aryl methyl sites for hydroxylation is 2. The zero-order valence-electron chi connectivity index (χ0n) is 15.4. The van der Waals surface area contributed by atoms with Crippen molar-refractivity contribution in [1.82, 2.24) is 10.9 Å². The molecule has 0 bridgehead atoms. The molecule has 1 aliphatic rings. The second kappa shape index (κ2) is 9.20. The standard InChI is InChI=1S/C19H21N3O4S2/c1-27-13-8-9-15(22(25)26)14(11-13)18(23)20-21-19(24)17-10-12-6-4-2-3-5-7-16(12)28-17/h8-11H,2-7H2,1H3,(H,20,23)(H,21,24). The molecule has 148 valence electrons. The molecular weight excluding hydrogens is 398 g/mol. The van der Waals surface area contributed by atoms with E-state index < -0.39 is 16.7 Å². The van der Waals surface area contributed by atoms with E-state index in [1.165, 1.54) is 58.5 Å². The van der Waals surface area contributed by atoms with Crippen LogP contribution in [0.15, 0.2) is 29.2 Å². The van der Waals surface area contributed by atoms with Crippen LogP contribution in [0.5, 0.6) is 0 Å². The number of carbonyl (C=O) groups excluding carboxylic acids is 2. The largest absolute Gasteiger partial charge is 0.282 e. The summed E-state index contributed by atoms with van der Waals surface area (Å²) in [5.74, 6) is -1.13. The fraction of sp³-hybridized carbons (Fsp3) is 0.368. The lowest BCUT2D eigenvalue weighted by atomic mass is 10.00. The molecule has 28 heavy (non-hydrogen) atoms. The van der Waals surface area contributed by atoms with Crippen molar-refractivity contribution in [3.8, 4) is 0 Å². The lowest BCUT2D eigenvalue weighted by Gasteiger charge is -2.08. The first-order chi connectivity index (χ1) is 13.5. The molecule has 0 spiro atoms. The maximum atomic E-state index is 12.5. The van der Waals surface area contributed by atoms with Crippen molar-refractivity contribution in [2.45, 2.75) is 43.4 Å². The number of thioether (sulfide) groups is 1. The Hall–Kier alpha value is -2.39. The van der Waals surface area contributed by atoms with Crippen molar-refractivity contribution in [1.29, 1.82) is 0 Å². The minimum Gasteiger partial charge on any atom is -0.267 e. The summed E-state index contributed by atoms with van der Waals surface area (Å²) in [5, 5.41) is 11.2. The van der Waals surface area contributed by atoms with Crippen LogP contribution in [-0.2, 0) is 12.8 Å². The lowest BCUT2D eigenvalue weighted by molar-refractivity contribution is -0.385. The molecule has 7 nitrogen and oxygen atoms in total. The van der Waals surface area contributed by atoms with Crippen LogP contribution in [0.4, 0.5) is 5.69 Å². The first-order valence-corrected chi connectivity index (χ1v) is 11.1. The van der Waals surface area contributed by atoms with E-state index in [1.807, 2.05) is 12.3 Å². The highest BCUT2D eigenvalue weighted by atomic mass is 32.2. The minimum atomic E-state index is -0.717. The van der Waals surface area contributed by atoms with Gasteiger partial charge in [0.1, 0.15) is 5.56 Å². The normalized spacial score (nSPS) is 13.8. The number of benzene rings is 1. The Labute approximate surface area is 171 Å². The Morgan fingerprint density at radius 2 is 1.79 bits per heavy atom. The monoisotopic (exact) mass is 419 g/mol. The molecule has 0 fully saturated rings. The van der Waals surface area contributed by atoms with Gasteiger partial charge in [-0.1, -0.05) is 12.8 Å². The van der Waals surface area contributed by atoms with Gasteiger partial charge in [0.25, 0.3) is 17.5 Å². The maximum absolute atomic E-state index is 12.5. The van der Waals surface area contributed by atoms with Gasteiger partial charge in [0.15, 0.2) is 0 Å². The molecular formula is C19H21N3O4S2. The Bertz CT molecular complexity index is 885. The molecule has 1 aromatic heterocycles. The molecule has 2 aromatic rings. The summed E-state index contributed by atoms with van der Waals surface area (Å²) in [5.41, 5.74) is 5.51.